The highest BCUT2D eigenvalue weighted by atomic mass is 35.5. The Kier molecular flexibility index (Phi) is 1.48. The molecule has 0 unspecified atom stereocenters. The van der Waals surface area contributed by atoms with E-state index >= 15 is 0 Å². The smallest absolute Gasteiger partial charge is 0.0548 e. The van der Waals surface area contributed by atoms with Crippen molar-refractivity contribution < 1.29 is 0 Å². The zero-order chi connectivity index (χ0) is 7.14. The number of rotatable bonds is 1. The van der Waals surface area contributed by atoms with E-state index < -0.39 is 0 Å². The van der Waals surface area contributed by atoms with Crippen molar-refractivity contribution in [2.45, 2.75) is 18.4 Å². The van der Waals surface area contributed by atoms with Gasteiger partial charge in [0.15, 0.2) is 0 Å². The maximum Gasteiger partial charge on any atom is 0.0548 e. The second kappa shape index (κ2) is 2.22. The van der Waals surface area contributed by atoms with Gasteiger partial charge in [-0.3, -0.25) is 0 Å². The van der Waals surface area contributed by atoms with Crippen LogP contribution in [0.3, 0.4) is 0 Å². The first-order valence-corrected chi connectivity index (χ1v) is 4.53. The molecule has 1 saturated carbocycles. The number of hydrogen-bond donors (Lipinski definition) is 1. The molecule has 10 heavy (non-hydrogen) atoms. The Bertz CT molecular complexity index is 246. The fourth-order valence-corrected chi connectivity index (χ4v) is 2.47. The van der Waals surface area contributed by atoms with E-state index in [0.29, 0.717) is 12.0 Å². The van der Waals surface area contributed by atoms with E-state index in [1.54, 1.807) is 11.3 Å². The minimum atomic E-state index is 0.371. The van der Waals surface area contributed by atoms with Crippen LogP contribution in [-0.2, 0) is 0 Å². The molecule has 1 nitrogen and oxygen atoms in total. The van der Waals surface area contributed by atoms with Crippen LogP contribution in [0.5, 0.6) is 0 Å². The third kappa shape index (κ3) is 0.965. The first-order valence-electron chi connectivity index (χ1n) is 3.27. The van der Waals surface area contributed by atoms with Crippen molar-refractivity contribution in [1.82, 2.24) is 0 Å². The van der Waals surface area contributed by atoms with Gasteiger partial charge in [0.2, 0.25) is 0 Å². The van der Waals surface area contributed by atoms with Gasteiger partial charge in [-0.25, -0.2) is 0 Å². The van der Waals surface area contributed by atoms with Crippen LogP contribution in [0.4, 0.5) is 0 Å². The van der Waals surface area contributed by atoms with E-state index in [-0.39, 0.29) is 0 Å². The minimum Gasteiger partial charge on any atom is -0.327 e. The SMILES string of the molecule is N[C@@H]1C[C@H]1c1sccc1Cl. The molecular formula is C7H8ClNS. The zero-order valence-electron chi connectivity index (χ0n) is 5.38. The summed E-state index contributed by atoms with van der Waals surface area (Å²) in [4.78, 5) is 1.27. The van der Waals surface area contributed by atoms with Crippen LogP contribution in [0.2, 0.25) is 5.02 Å². The molecule has 1 aliphatic rings. The fraction of sp³-hybridized carbons (Fsp3) is 0.429. The molecule has 0 spiro atoms. The predicted molar refractivity (Wildman–Crippen MR) is 44.7 cm³/mol. The average Bonchev–Trinajstić information content (AvgIpc) is 2.42. The van der Waals surface area contributed by atoms with Gasteiger partial charge >= 0.3 is 0 Å². The Morgan fingerprint density at radius 2 is 2.40 bits per heavy atom. The summed E-state index contributed by atoms with van der Waals surface area (Å²) in [6.45, 7) is 0. The average molecular weight is 174 g/mol. The van der Waals surface area contributed by atoms with E-state index in [0.717, 1.165) is 11.4 Å². The van der Waals surface area contributed by atoms with Crippen LogP contribution < -0.4 is 5.73 Å². The Morgan fingerprint density at radius 3 is 2.80 bits per heavy atom. The van der Waals surface area contributed by atoms with E-state index in [1.165, 1.54) is 4.88 Å². The predicted octanol–water partition coefficient (Wildman–Crippen LogP) is 2.22. The highest BCUT2D eigenvalue weighted by Gasteiger charge is 2.36. The van der Waals surface area contributed by atoms with Gasteiger partial charge in [-0.1, -0.05) is 11.6 Å². The maximum absolute atomic E-state index is 5.89. The summed E-state index contributed by atoms with van der Waals surface area (Å²) in [5.74, 6) is 0.562. The normalized spacial score (nSPS) is 30.6. The lowest BCUT2D eigenvalue weighted by Gasteiger charge is -1.91. The Labute approximate surface area is 68.8 Å². The van der Waals surface area contributed by atoms with Crippen LogP contribution in [0.25, 0.3) is 0 Å². The van der Waals surface area contributed by atoms with Crippen molar-refractivity contribution >= 4 is 22.9 Å². The van der Waals surface area contributed by atoms with Crippen LogP contribution in [0.1, 0.15) is 17.2 Å². The molecule has 2 rings (SSSR count). The Morgan fingerprint density at radius 1 is 1.70 bits per heavy atom. The first kappa shape index (κ1) is 6.65. The Balaban J connectivity index is 2.26. The highest BCUT2D eigenvalue weighted by Crippen LogP contribution is 2.44. The molecule has 2 atom stereocenters. The molecule has 2 N–H and O–H groups in total. The Hall–Kier alpha value is -0.0500. The fourth-order valence-electron chi connectivity index (χ4n) is 1.09. The van der Waals surface area contributed by atoms with E-state index in [9.17, 15) is 0 Å². The zero-order valence-corrected chi connectivity index (χ0v) is 6.95. The third-order valence-electron chi connectivity index (χ3n) is 1.82. The minimum absolute atomic E-state index is 0.371. The monoisotopic (exact) mass is 173 g/mol. The quantitative estimate of drug-likeness (QED) is 0.693. The van der Waals surface area contributed by atoms with Crippen molar-refractivity contribution in [2.75, 3.05) is 0 Å². The first-order chi connectivity index (χ1) is 4.79. The van der Waals surface area contributed by atoms with E-state index in [1.807, 2.05) is 11.4 Å². The van der Waals surface area contributed by atoms with Crippen molar-refractivity contribution in [2.24, 2.45) is 5.73 Å². The van der Waals surface area contributed by atoms with Crippen LogP contribution in [0, 0.1) is 0 Å². The van der Waals surface area contributed by atoms with Crippen molar-refractivity contribution in [3.05, 3.63) is 21.3 Å². The summed E-state index contributed by atoms with van der Waals surface area (Å²) >= 11 is 7.61. The van der Waals surface area contributed by atoms with Gasteiger partial charge in [-0.15, -0.1) is 11.3 Å². The van der Waals surface area contributed by atoms with Crippen LogP contribution in [-0.4, -0.2) is 6.04 Å². The van der Waals surface area contributed by atoms with Gasteiger partial charge in [0.25, 0.3) is 0 Å². The molecule has 3 heteroatoms. The van der Waals surface area contributed by atoms with Crippen molar-refractivity contribution in [3.8, 4) is 0 Å². The molecular weight excluding hydrogens is 166 g/mol. The third-order valence-corrected chi connectivity index (χ3v) is 3.31. The van der Waals surface area contributed by atoms with Crippen molar-refractivity contribution in [1.29, 1.82) is 0 Å². The molecule has 1 aromatic rings. The molecule has 0 aromatic carbocycles. The van der Waals surface area contributed by atoms with Crippen LogP contribution in [0.15, 0.2) is 11.4 Å². The second-order valence-electron chi connectivity index (χ2n) is 2.64. The summed E-state index contributed by atoms with van der Waals surface area (Å²) in [7, 11) is 0. The standard InChI is InChI=1S/C7H8ClNS/c8-5-1-2-10-7(5)4-3-6(4)9/h1-2,4,6H,3,9H2/t4-,6-/m1/s1. The van der Waals surface area contributed by atoms with Gasteiger partial charge in [0, 0.05) is 16.8 Å². The molecule has 1 aromatic heterocycles. The lowest BCUT2D eigenvalue weighted by molar-refractivity contribution is 1.01. The van der Waals surface area contributed by atoms with Gasteiger partial charge in [-0.2, -0.15) is 0 Å². The number of nitrogens with two attached hydrogens (primary N) is 1. The molecule has 1 heterocycles. The van der Waals surface area contributed by atoms with E-state index in [2.05, 4.69) is 0 Å². The molecule has 54 valence electrons. The lowest BCUT2D eigenvalue weighted by atomic mass is 10.3. The summed E-state index contributed by atoms with van der Waals surface area (Å²) in [6.07, 6.45) is 1.11. The van der Waals surface area contributed by atoms with Crippen molar-refractivity contribution in [3.63, 3.8) is 0 Å². The molecule has 1 fully saturated rings. The molecule has 0 saturated heterocycles. The largest absolute Gasteiger partial charge is 0.327 e. The maximum atomic E-state index is 5.89. The molecule has 0 aliphatic heterocycles. The van der Waals surface area contributed by atoms with Gasteiger partial charge in [0.05, 0.1) is 5.02 Å². The second-order valence-corrected chi connectivity index (χ2v) is 3.99. The summed E-state index contributed by atoms with van der Waals surface area (Å²) < 4.78 is 0. The summed E-state index contributed by atoms with van der Waals surface area (Å²) in [5, 5.41) is 2.91. The molecule has 1 aliphatic carbocycles. The summed E-state index contributed by atoms with van der Waals surface area (Å²) in [6, 6.07) is 2.31. The number of halogens is 1. The number of hydrogen-bond acceptors (Lipinski definition) is 2. The number of thiophene rings is 1. The topological polar surface area (TPSA) is 26.0 Å². The molecule has 0 bridgehead atoms. The molecule has 0 amide bonds. The van der Waals surface area contributed by atoms with Crippen LogP contribution >= 0.6 is 22.9 Å². The van der Waals surface area contributed by atoms with Gasteiger partial charge in [0.1, 0.15) is 0 Å². The van der Waals surface area contributed by atoms with E-state index in [4.69, 9.17) is 17.3 Å². The summed E-state index contributed by atoms with van der Waals surface area (Å²) in [5.41, 5.74) is 5.67. The lowest BCUT2D eigenvalue weighted by Crippen LogP contribution is -1.99. The van der Waals surface area contributed by atoms with Gasteiger partial charge in [-0.05, 0) is 17.9 Å². The highest BCUT2D eigenvalue weighted by molar-refractivity contribution is 7.10. The molecule has 0 radical (unpaired) electrons. The van der Waals surface area contributed by atoms with Gasteiger partial charge < -0.3 is 5.73 Å².